The van der Waals surface area contributed by atoms with Gasteiger partial charge < -0.3 is 20.0 Å². The lowest BCUT2D eigenvalue weighted by Gasteiger charge is -2.20. The zero-order valence-electron chi connectivity index (χ0n) is 12.8. The van der Waals surface area contributed by atoms with Crippen molar-refractivity contribution in [3.63, 3.8) is 0 Å². The Morgan fingerprint density at radius 3 is 1.77 bits per heavy atom. The molecule has 2 aromatic rings. The molecule has 0 bridgehead atoms. The molecule has 0 fully saturated rings. The predicted octanol–water partition coefficient (Wildman–Crippen LogP) is 0.396. The molecule has 2 rings (SSSR count). The molecule has 7 heteroatoms. The summed E-state index contributed by atoms with van der Waals surface area (Å²) in [6.45, 7) is 0.901. The molecule has 0 unspecified atom stereocenters. The molecule has 2 N–H and O–H groups in total. The van der Waals surface area contributed by atoms with Crippen LogP contribution in [0.1, 0.15) is 0 Å². The fraction of sp³-hybridized carbons (Fsp3) is 0.400. The Hall–Kier alpha value is -2.25. The van der Waals surface area contributed by atoms with Crippen LogP contribution in [0, 0.1) is 0 Å². The molecule has 0 saturated heterocycles. The van der Waals surface area contributed by atoms with Crippen LogP contribution in [0.25, 0.3) is 11.4 Å². The number of hydrogen-bond acceptors (Lipinski definition) is 7. The zero-order valence-corrected chi connectivity index (χ0v) is 12.8. The monoisotopic (exact) mass is 303 g/mol. The van der Waals surface area contributed by atoms with Crippen LogP contribution in [0.5, 0.6) is 0 Å². The number of rotatable bonds is 7. The minimum absolute atomic E-state index is 0.0185. The number of hydrogen-bond donors (Lipinski definition) is 2. The molecule has 0 spiro atoms. The molecule has 1 aromatic heterocycles. The maximum Gasteiger partial charge on any atom is 0.230 e. The molecule has 0 amide bonds. The van der Waals surface area contributed by atoms with Gasteiger partial charge in [-0.05, 0) is 0 Å². The van der Waals surface area contributed by atoms with Gasteiger partial charge in [0, 0.05) is 32.7 Å². The molecular weight excluding hydrogens is 282 g/mol. The van der Waals surface area contributed by atoms with Crippen molar-refractivity contribution in [3.8, 4) is 11.4 Å². The van der Waals surface area contributed by atoms with Crippen molar-refractivity contribution in [2.45, 2.75) is 0 Å². The normalized spacial score (nSPS) is 10.5. The number of aliphatic hydroxyl groups is 2. The number of benzene rings is 1. The van der Waals surface area contributed by atoms with Crippen molar-refractivity contribution in [1.29, 1.82) is 0 Å². The fourth-order valence-electron chi connectivity index (χ4n) is 1.91. The third kappa shape index (κ3) is 3.90. The number of nitrogens with zero attached hydrogens (tertiary/aromatic N) is 5. The summed E-state index contributed by atoms with van der Waals surface area (Å²) in [6, 6.07) is 9.64. The summed E-state index contributed by atoms with van der Waals surface area (Å²) >= 11 is 0. The van der Waals surface area contributed by atoms with Crippen LogP contribution in [-0.4, -0.2) is 65.6 Å². The van der Waals surface area contributed by atoms with E-state index in [1.807, 2.05) is 44.4 Å². The Morgan fingerprint density at radius 2 is 1.32 bits per heavy atom. The highest BCUT2D eigenvalue weighted by Crippen LogP contribution is 2.20. The maximum absolute atomic E-state index is 9.09. The summed E-state index contributed by atoms with van der Waals surface area (Å²) in [4.78, 5) is 16.9. The molecule has 0 radical (unpaired) electrons. The lowest BCUT2D eigenvalue weighted by atomic mass is 10.2. The Labute approximate surface area is 129 Å². The van der Waals surface area contributed by atoms with Gasteiger partial charge in [-0.2, -0.15) is 15.0 Å². The third-order valence-corrected chi connectivity index (χ3v) is 3.20. The van der Waals surface area contributed by atoms with E-state index < -0.39 is 0 Å². The minimum atomic E-state index is 0.0185. The summed E-state index contributed by atoms with van der Waals surface area (Å²) in [5, 5.41) is 18.2. The van der Waals surface area contributed by atoms with E-state index in [0.717, 1.165) is 5.56 Å². The van der Waals surface area contributed by atoms with E-state index in [9.17, 15) is 0 Å². The minimum Gasteiger partial charge on any atom is -0.395 e. The average molecular weight is 303 g/mol. The van der Waals surface area contributed by atoms with Crippen LogP contribution in [0.15, 0.2) is 30.3 Å². The Morgan fingerprint density at radius 1 is 0.818 bits per heavy atom. The number of anilines is 2. The molecule has 0 aliphatic rings. The first-order valence-electron chi connectivity index (χ1n) is 7.11. The van der Waals surface area contributed by atoms with Crippen molar-refractivity contribution in [2.24, 2.45) is 0 Å². The standard InChI is InChI=1S/C15H21N5O2/c1-19(8-10-21)14-16-13(12-6-4-3-5-7-12)17-15(18-14)20(2)9-11-22/h3-7,21-22H,8-11H2,1-2H3. The molecule has 118 valence electrons. The number of likely N-dealkylation sites (N-methyl/N-ethyl adjacent to an activating group) is 2. The zero-order chi connectivity index (χ0) is 15.9. The van der Waals surface area contributed by atoms with Gasteiger partial charge in [0.05, 0.1) is 13.2 Å². The van der Waals surface area contributed by atoms with Gasteiger partial charge in [0.1, 0.15) is 0 Å². The van der Waals surface area contributed by atoms with Crippen LogP contribution in [0.2, 0.25) is 0 Å². The van der Waals surface area contributed by atoms with Crippen molar-refractivity contribution < 1.29 is 10.2 Å². The summed E-state index contributed by atoms with van der Waals surface area (Å²) in [5.74, 6) is 1.54. The second-order valence-corrected chi connectivity index (χ2v) is 4.92. The lowest BCUT2D eigenvalue weighted by Crippen LogP contribution is -2.27. The van der Waals surface area contributed by atoms with E-state index in [1.165, 1.54) is 0 Å². The molecule has 0 saturated carbocycles. The Kier molecular flexibility index (Phi) is 5.62. The largest absolute Gasteiger partial charge is 0.395 e. The van der Waals surface area contributed by atoms with Crippen LogP contribution >= 0.6 is 0 Å². The van der Waals surface area contributed by atoms with Crippen molar-refractivity contribution >= 4 is 11.9 Å². The summed E-state index contributed by atoms with van der Waals surface area (Å²) in [7, 11) is 3.63. The van der Waals surface area contributed by atoms with Crippen LogP contribution in [-0.2, 0) is 0 Å². The van der Waals surface area contributed by atoms with Gasteiger partial charge in [0.25, 0.3) is 0 Å². The van der Waals surface area contributed by atoms with Crippen molar-refractivity contribution in [2.75, 3.05) is 50.2 Å². The highest BCUT2D eigenvalue weighted by Gasteiger charge is 2.14. The molecule has 22 heavy (non-hydrogen) atoms. The second-order valence-electron chi connectivity index (χ2n) is 4.92. The molecule has 0 aliphatic carbocycles. The van der Waals surface area contributed by atoms with Crippen LogP contribution in [0.3, 0.4) is 0 Å². The molecule has 1 heterocycles. The maximum atomic E-state index is 9.09. The van der Waals surface area contributed by atoms with E-state index >= 15 is 0 Å². The molecule has 0 aliphatic heterocycles. The summed E-state index contributed by atoms with van der Waals surface area (Å²) in [5.41, 5.74) is 0.891. The van der Waals surface area contributed by atoms with Gasteiger partial charge in [-0.1, -0.05) is 30.3 Å². The average Bonchev–Trinajstić information content (AvgIpc) is 2.55. The quantitative estimate of drug-likeness (QED) is 0.765. The second kappa shape index (κ2) is 7.67. The lowest BCUT2D eigenvalue weighted by molar-refractivity contribution is 0.303. The van der Waals surface area contributed by atoms with Gasteiger partial charge in [-0.15, -0.1) is 0 Å². The third-order valence-electron chi connectivity index (χ3n) is 3.20. The summed E-state index contributed by atoms with van der Waals surface area (Å²) in [6.07, 6.45) is 0. The topological polar surface area (TPSA) is 85.6 Å². The molecule has 7 nitrogen and oxygen atoms in total. The van der Waals surface area contributed by atoms with Gasteiger partial charge in [0.2, 0.25) is 11.9 Å². The molecule has 1 aromatic carbocycles. The van der Waals surface area contributed by atoms with Crippen LogP contribution in [0.4, 0.5) is 11.9 Å². The van der Waals surface area contributed by atoms with E-state index in [1.54, 1.807) is 9.80 Å². The van der Waals surface area contributed by atoms with Gasteiger partial charge >= 0.3 is 0 Å². The van der Waals surface area contributed by atoms with E-state index in [4.69, 9.17) is 10.2 Å². The Balaban J connectivity index is 2.44. The summed E-state index contributed by atoms with van der Waals surface area (Å²) < 4.78 is 0. The smallest absolute Gasteiger partial charge is 0.230 e. The van der Waals surface area contributed by atoms with Crippen LogP contribution < -0.4 is 9.80 Å². The highest BCUT2D eigenvalue weighted by atomic mass is 16.3. The van der Waals surface area contributed by atoms with Crippen molar-refractivity contribution in [1.82, 2.24) is 15.0 Å². The van der Waals surface area contributed by atoms with Gasteiger partial charge in [-0.3, -0.25) is 0 Å². The van der Waals surface area contributed by atoms with Gasteiger partial charge in [-0.25, -0.2) is 0 Å². The highest BCUT2D eigenvalue weighted by molar-refractivity contribution is 5.58. The first-order chi connectivity index (χ1) is 10.7. The van der Waals surface area contributed by atoms with E-state index in [2.05, 4.69) is 15.0 Å². The molecular formula is C15H21N5O2. The SMILES string of the molecule is CN(CCO)c1nc(-c2ccccc2)nc(N(C)CCO)n1. The fourth-order valence-corrected chi connectivity index (χ4v) is 1.91. The first-order valence-corrected chi connectivity index (χ1v) is 7.11. The Bertz CT molecular complexity index is 563. The van der Waals surface area contributed by atoms with E-state index in [-0.39, 0.29) is 13.2 Å². The van der Waals surface area contributed by atoms with Gasteiger partial charge in [0.15, 0.2) is 5.82 Å². The van der Waals surface area contributed by atoms with Crippen molar-refractivity contribution in [3.05, 3.63) is 30.3 Å². The molecule has 0 atom stereocenters. The predicted molar refractivity (Wildman–Crippen MR) is 86.0 cm³/mol. The number of aromatic nitrogens is 3. The van der Waals surface area contributed by atoms with E-state index in [0.29, 0.717) is 30.8 Å². The first kappa shape index (κ1) is 16.1. The number of aliphatic hydroxyl groups excluding tert-OH is 2.